The highest BCUT2D eigenvalue weighted by atomic mass is 35.5. The summed E-state index contributed by atoms with van der Waals surface area (Å²) in [5, 5.41) is 13.1. The topological polar surface area (TPSA) is 105 Å². The Labute approximate surface area is 220 Å². The SMILES string of the molecule is CC(C)(C)CN(CC(=O)c1c(Cl)cncc1Cl)C(=O)c1cnn([C@H]2C[C@@H]3[C@H](C2)[C@H]3C(=O)O)c1C(F)(F)F. The van der Waals surface area contributed by atoms with Crippen molar-refractivity contribution in [3.05, 3.63) is 45.5 Å². The molecule has 0 bridgehead atoms. The Morgan fingerprint density at radius 1 is 1.08 bits per heavy atom. The van der Waals surface area contributed by atoms with E-state index in [1.807, 2.05) is 0 Å². The third kappa shape index (κ3) is 5.47. The molecule has 8 nitrogen and oxygen atoms in total. The van der Waals surface area contributed by atoms with E-state index in [0.717, 1.165) is 15.8 Å². The van der Waals surface area contributed by atoms with Gasteiger partial charge in [0.1, 0.15) is 0 Å². The lowest BCUT2D eigenvalue weighted by atomic mass is 9.95. The quantitative estimate of drug-likeness (QED) is 0.463. The van der Waals surface area contributed by atoms with Crippen molar-refractivity contribution in [2.45, 2.75) is 45.8 Å². The van der Waals surface area contributed by atoms with Crippen molar-refractivity contribution in [3.63, 3.8) is 0 Å². The van der Waals surface area contributed by atoms with Crippen LogP contribution in [-0.2, 0) is 11.0 Å². The van der Waals surface area contributed by atoms with Gasteiger partial charge in [-0.25, -0.2) is 0 Å². The van der Waals surface area contributed by atoms with Crippen LogP contribution in [0.2, 0.25) is 10.0 Å². The average molecular weight is 561 g/mol. The first-order chi connectivity index (χ1) is 17.1. The van der Waals surface area contributed by atoms with E-state index < -0.39 is 59.0 Å². The van der Waals surface area contributed by atoms with Gasteiger partial charge in [0.05, 0.1) is 45.9 Å². The number of alkyl halides is 3. The molecule has 1 N–H and O–H groups in total. The maximum absolute atomic E-state index is 14.3. The van der Waals surface area contributed by atoms with Gasteiger partial charge in [0.25, 0.3) is 5.91 Å². The molecular weight excluding hydrogens is 536 g/mol. The summed E-state index contributed by atoms with van der Waals surface area (Å²) in [5.74, 6) is -3.53. The zero-order valence-electron chi connectivity index (χ0n) is 20.2. The highest BCUT2D eigenvalue weighted by Gasteiger charge is 2.61. The summed E-state index contributed by atoms with van der Waals surface area (Å²) in [6, 6.07) is -0.670. The van der Waals surface area contributed by atoms with Gasteiger partial charge in [-0.2, -0.15) is 18.3 Å². The van der Waals surface area contributed by atoms with Crippen molar-refractivity contribution >= 4 is 40.9 Å². The van der Waals surface area contributed by atoms with Gasteiger partial charge in [0.2, 0.25) is 0 Å². The van der Waals surface area contributed by atoms with E-state index in [1.165, 1.54) is 12.4 Å². The van der Waals surface area contributed by atoms with Gasteiger partial charge in [0, 0.05) is 18.9 Å². The van der Waals surface area contributed by atoms with Crippen LogP contribution in [-0.4, -0.2) is 55.5 Å². The summed E-state index contributed by atoms with van der Waals surface area (Å²) in [6.45, 7) is 4.75. The van der Waals surface area contributed by atoms with E-state index in [0.29, 0.717) is 0 Å². The Kier molecular flexibility index (Phi) is 7.09. The number of carboxylic acids is 1. The number of carbonyl (C=O) groups excluding carboxylic acids is 2. The van der Waals surface area contributed by atoms with Crippen LogP contribution in [0.5, 0.6) is 0 Å². The Balaban J connectivity index is 1.65. The van der Waals surface area contributed by atoms with E-state index in [2.05, 4.69) is 10.1 Å². The number of ketones is 1. The van der Waals surface area contributed by atoms with E-state index in [4.69, 9.17) is 23.2 Å². The number of hydrogen-bond donors (Lipinski definition) is 1. The Morgan fingerprint density at radius 2 is 1.65 bits per heavy atom. The monoisotopic (exact) mass is 560 g/mol. The molecule has 0 aromatic carbocycles. The first kappa shape index (κ1) is 27.4. The number of fused-ring (bicyclic) bond motifs is 1. The standard InChI is InChI=1S/C24H25Cl2F3N4O4/c1-23(2,3)10-32(9-17(34)19-15(25)7-30-8-16(19)26)21(35)14-6-31-33(20(14)24(27,28)29)11-4-12-13(5-11)18(12)22(36)37/h6-8,11-13,18H,4-5,9-10H2,1-3H3,(H,36,37)/t11-,12+,13-,18-. The van der Waals surface area contributed by atoms with Crippen molar-refractivity contribution in [2.75, 3.05) is 13.1 Å². The van der Waals surface area contributed by atoms with Crippen molar-refractivity contribution in [1.29, 1.82) is 0 Å². The number of aliphatic carboxylic acids is 1. The second-order valence-electron chi connectivity index (χ2n) is 10.8. The third-order valence-electron chi connectivity index (χ3n) is 6.76. The van der Waals surface area contributed by atoms with Gasteiger partial charge in [-0.05, 0) is 30.1 Å². The van der Waals surface area contributed by atoms with E-state index in [1.54, 1.807) is 20.8 Å². The minimum Gasteiger partial charge on any atom is -0.481 e. The van der Waals surface area contributed by atoms with E-state index >= 15 is 0 Å². The molecule has 2 fully saturated rings. The molecule has 0 aliphatic heterocycles. The summed E-state index contributed by atoms with van der Waals surface area (Å²) in [4.78, 5) is 42.7. The number of pyridine rings is 1. The van der Waals surface area contributed by atoms with Crippen LogP contribution in [0.4, 0.5) is 13.2 Å². The van der Waals surface area contributed by atoms with Crippen LogP contribution in [0, 0.1) is 23.2 Å². The molecule has 2 saturated carbocycles. The lowest BCUT2D eigenvalue weighted by Gasteiger charge is -2.30. The molecule has 0 unspecified atom stereocenters. The zero-order chi connectivity index (χ0) is 27.4. The molecule has 2 heterocycles. The molecule has 4 atom stereocenters. The number of Topliss-reactive ketones (excluding diaryl/α,β-unsaturated/α-hetero) is 1. The van der Waals surface area contributed by atoms with Crippen LogP contribution >= 0.6 is 23.2 Å². The number of halogens is 5. The fourth-order valence-corrected chi connectivity index (χ4v) is 5.90. The molecule has 2 aliphatic rings. The van der Waals surface area contributed by atoms with Gasteiger partial charge < -0.3 is 10.0 Å². The molecule has 4 rings (SSSR count). The van der Waals surface area contributed by atoms with Gasteiger partial charge in [-0.1, -0.05) is 44.0 Å². The molecule has 200 valence electrons. The number of rotatable bonds is 7. The number of amides is 1. The Bertz CT molecular complexity index is 1230. The number of hydrogen-bond acceptors (Lipinski definition) is 5. The van der Waals surface area contributed by atoms with Crippen LogP contribution in [0.3, 0.4) is 0 Å². The highest BCUT2D eigenvalue weighted by Crippen LogP contribution is 2.61. The molecule has 0 spiro atoms. The number of aromatic nitrogens is 3. The van der Waals surface area contributed by atoms with Crippen molar-refractivity contribution in [2.24, 2.45) is 23.2 Å². The molecule has 2 aromatic heterocycles. The van der Waals surface area contributed by atoms with Crippen LogP contribution in [0.15, 0.2) is 18.6 Å². The molecule has 2 aromatic rings. The largest absolute Gasteiger partial charge is 0.481 e. The smallest absolute Gasteiger partial charge is 0.433 e. The summed E-state index contributed by atoms with van der Waals surface area (Å²) in [6.07, 6.45) is -1.13. The molecule has 2 aliphatic carbocycles. The highest BCUT2D eigenvalue weighted by molar-refractivity contribution is 6.39. The van der Waals surface area contributed by atoms with Crippen LogP contribution < -0.4 is 0 Å². The van der Waals surface area contributed by atoms with Crippen LogP contribution in [0.25, 0.3) is 0 Å². The van der Waals surface area contributed by atoms with Gasteiger partial charge in [-0.3, -0.25) is 24.0 Å². The lowest BCUT2D eigenvalue weighted by Crippen LogP contribution is -2.42. The summed E-state index contributed by atoms with van der Waals surface area (Å²) in [7, 11) is 0. The molecule has 0 saturated heterocycles. The number of carboxylic acid groups (broad SMARTS) is 1. The summed E-state index contributed by atoms with van der Waals surface area (Å²) < 4.78 is 43.6. The van der Waals surface area contributed by atoms with Gasteiger partial charge >= 0.3 is 12.1 Å². The number of nitrogens with zero attached hydrogens (tertiary/aromatic N) is 4. The molecule has 0 radical (unpaired) electrons. The van der Waals surface area contributed by atoms with E-state index in [-0.39, 0.29) is 46.8 Å². The summed E-state index contributed by atoms with van der Waals surface area (Å²) in [5.41, 5.74) is -2.52. The fraction of sp³-hybridized carbons (Fsp3) is 0.542. The van der Waals surface area contributed by atoms with Crippen molar-refractivity contribution < 1.29 is 32.7 Å². The minimum atomic E-state index is -4.91. The Morgan fingerprint density at radius 3 is 2.14 bits per heavy atom. The fourth-order valence-electron chi connectivity index (χ4n) is 5.33. The number of carbonyl (C=O) groups is 3. The first-order valence-corrected chi connectivity index (χ1v) is 12.3. The maximum Gasteiger partial charge on any atom is 0.433 e. The van der Waals surface area contributed by atoms with Crippen LogP contribution in [0.1, 0.15) is 66.1 Å². The normalized spacial score (nSPS) is 23.0. The molecule has 13 heteroatoms. The molecular formula is C24H25Cl2F3N4O4. The minimum absolute atomic E-state index is 0.0335. The maximum atomic E-state index is 14.3. The first-order valence-electron chi connectivity index (χ1n) is 11.6. The second kappa shape index (κ2) is 9.58. The summed E-state index contributed by atoms with van der Waals surface area (Å²) >= 11 is 12.1. The zero-order valence-corrected chi connectivity index (χ0v) is 21.7. The lowest BCUT2D eigenvalue weighted by molar-refractivity contribution is -0.146. The predicted octanol–water partition coefficient (Wildman–Crippen LogP) is 5.26. The van der Waals surface area contributed by atoms with Gasteiger partial charge in [0.15, 0.2) is 11.5 Å². The van der Waals surface area contributed by atoms with Crippen molar-refractivity contribution in [3.8, 4) is 0 Å². The second-order valence-corrected chi connectivity index (χ2v) is 11.6. The third-order valence-corrected chi connectivity index (χ3v) is 7.34. The molecule has 37 heavy (non-hydrogen) atoms. The van der Waals surface area contributed by atoms with E-state index in [9.17, 15) is 32.7 Å². The van der Waals surface area contributed by atoms with Gasteiger partial charge in [-0.15, -0.1) is 0 Å². The average Bonchev–Trinajstić information content (AvgIpc) is 3.09. The Hall–Kier alpha value is -2.66. The predicted molar refractivity (Wildman–Crippen MR) is 128 cm³/mol. The molecule has 1 amide bonds. The van der Waals surface area contributed by atoms with Crippen molar-refractivity contribution in [1.82, 2.24) is 19.7 Å².